The number of ether oxygens (including phenoxy) is 1. The number of allylic oxidation sites excluding steroid dienone is 2. The van der Waals surface area contributed by atoms with Crippen LogP contribution in [-0.2, 0) is 9.53 Å². The third-order valence-corrected chi connectivity index (χ3v) is 7.07. The lowest BCUT2D eigenvalue weighted by Crippen LogP contribution is -2.35. The number of fused-ring (bicyclic) bond motifs is 9. The van der Waals surface area contributed by atoms with E-state index in [9.17, 15) is 4.79 Å². The molecule has 0 aromatic heterocycles. The fourth-order valence-electron chi connectivity index (χ4n) is 5.64. The van der Waals surface area contributed by atoms with Gasteiger partial charge in [-0.05, 0) is 54.8 Å². The third kappa shape index (κ3) is 2.05. The lowest BCUT2D eigenvalue weighted by molar-refractivity contribution is -0.151. The Hall–Kier alpha value is 0.170. The van der Waals surface area contributed by atoms with Crippen LogP contribution in [0.3, 0.4) is 0 Å². The van der Waals surface area contributed by atoms with Gasteiger partial charge in [0.05, 0.1) is 16.3 Å². The van der Waals surface area contributed by atoms with Gasteiger partial charge >= 0.3 is 5.97 Å². The molecule has 20 heavy (non-hydrogen) atoms. The van der Waals surface area contributed by atoms with E-state index in [0.29, 0.717) is 12.5 Å². The van der Waals surface area contributed by atoms with Gasteiger partial charge in [-0.3, -0.25) is 4.79 Å². The Morgan fingerprint density at radius 1 is 1.15 bits per heavy atom. The molecule has 0 amide bonds. The average Bonchev–Trinajstić information content (AvgIpc) is 3.15. The lowest BCUT2D eigenvalue weighted by Gasteiger charge is -2.35. The van der Waals surface area contributed by atoms with E-state index in [1.165, 1.54) is 12.8 Å². The number of hydrogen-bond donors (Lipinski definition) is 0. The summed E-state index contributed by atoms with van der Waals surface area (Å²) in [5.74, 6) is 4.96. The molecule has 2 nitrogen and oxygen atoms in total. The summed E-state index contributed by atoms with van der Waals surface area (Å²) in [6.07, 6.45) is 9.43. The van der Waals surface area contributed by atoms with Crippen LogP contribution in [0.5, 0.6) is 0 Å². The highest BCUT2D eigenvalue weighted by Gasteiger charge is 2.62. The van der Waals surface area contributed by atoms with Crippen LogP contribution in [0.25, 0.3) is 0 Å². The second-order valence-electron chi connectivity index (χ2n) is 6.95. The molecule has 0 spiro atoms. The van der Waals surface area contributed by atoms with Gasteiger partial charge < -0.3 is 4.74 Å². The first-order valence-electron chi connectivity index (χ1n) is 7.78. The van der Waals surface area contributed by atoms with E-state index < -0.39 is 0 Å². The number of carbonyl (C=O) groups excluding carboxylic acids is 1. The molecule has 3 fully saturated rings. The van der Waals surface area contributed by atoms with Crippen molar-refractivity contribution < 1.29 is 9.53 Å². The smallest absolute Gasteiger partial charge is 0.309 e. The van der Waals surface area contributed by atoms with Crippen LogP contribution in [-0.4, -0.2) is 16.3 Å². The quantitative estimate of drug-likeness (QED) is 0.305. The standard InChI is InChI=1S/C16H20Br2O2/c17-13(18)3-4-20-16(19)12-7-10-6-11(12)15-9-2-1-8(5-9)14(10)15/h1-2,8-15H,3-7H2. The largest absolute Gasteiger partial charge is 0.465 e. The van der Waals surface area contributed by atoms with Crippen LogP contribution in [0, 0.1) is 41.4 Å². The molecule has 0 radical (unpaired) electrons. The Kier molecular flexibility index (Phi) is 3.53. The fraction of sp³-hybridized carbons (Fsp3) is 0.812. The van der Waals surface area contributed by atoms with Crippen molar-refractivity contribution >= 4 is 37.8 Å². The summed E-state index contributed by atoms with van der Waals surface area (Å²) in [5.41, 5.74) is 0. The number of rotatable bonds is 4. The van der Waals surface area contributed by atoms with E-state index in [4.69, 9.17) is 4.74 Å². The van der Waals surface area contributed by atoms with Crippen molar-refractivity contribution in [1.29, 1.82) is 0 Å². The van der Waals surface area contributed by atoms with Crippen LogP contribution in [0.1, 0.15) is 25.7 Å². The summed E-state index contributed by atoms with van der Waals surface area (Å²) in [5, 5.41) is 0. The molecular formula is C16H20Br2O2. The van der Waals surface area contributed by atoms with Gasteiger partial charge in [-0.15, -0.1) is 0 Å². The third-order valence-electron chi connectivity index (χ3n) is 6.15. The zero-order chi connectivity index (χ0) is 13.9. The zero-order valence-corrected chi connectivity index (χ0v) is 14.6. The van der Waals surface area contributed by atoms with Gasteiger partial charge in [0.1, 0.15) is 0 Å². The number of carbonyl (C=O) groups is 1. The van der Waals surface area contributed by atoms with Crippen molar-refractivity contribution in [2.45, 2.75) is 29.4 Å². The van der Waals surface area contributed by atoms with E-state index in [1.807, 2.05) is 0 Å². The Bertz CT molecular complexity index is 448. The molecule has 0 aliphatic heterocycles. The monoisotopic (exact) mass is 402 g/mol. The van der Waals surface area contributed by atoms with Gasteiger partial charge in [0.2, 0.25) is 0 Å². The first-order chi connectivity index (χ1) is 9.65. The number of halogens is 2. The average molecular weight is 404 g/mol. The molecule has 7 unspecified atom stereocenters. The Labute approximate surface area is 137 Å². The predicted octanol–water partition coefficient (Wildman–Crippen LogP) is 4.13. The number of hydrogen-bond acceptors (Lipinski definition) is 2. The molecule has 4 aliphatic carbocycles. The first-order valence-corrected chi connectivity index (χ1v) is 9.61. The van der Waals surface area contributed by atoms with Crippen LogP contribution < -0.4 is 0 Å². The van der Waals surface area contributed by atoms with Gasteiger partial charge in [0, 0.05) is 6.42 Å². The number of esters is 1. The molecule has 0 saturated heterocycles. The molecule has 0 N–H and O–H groups in total. The van der Waals surface area contributed by atoms with Gasteiger partial charge in [0.25, 0.3) is 0 Å². The zero-order valence-electron chi connectivity index (χ0n) is 11.4. The Balaban J connectivity index is 1.40. The summed E-state index contributed by atoms with van der Waals surface area (Å²) < 4.78 is 5.74. The van der Waals surface area contributed by atoms with Crippen LogP contribution in [0.2, 0.25) is 0 Å². The highest BCUT2D eigenvalue weighted by Crippen LogP contribution is 2.67. The summed E-state index contributed by atoms with van der Waals surface area (Å²) >= 11 is 6.83. The van der Waals surface area contributed by atoms with Crippen molar-refractivity contribution in [2.75, 3.05) is 6.61 Å². The molecule has 3 saturated carbocycles. The van der Waals surface area contributed by atoms with E-state index in [1.54, 1.807) is 0 Å². The summed E-state index contributed by atoms with van der Waals surface area (Å²) in [6.45, 7) is 0.522. The molecule has 4 bridgehead atoms. The summed E-state index contributed by atoms with van der Waals surface area (Å²) in [7, 11) is 0. The van der Waals surface area contributed by atoms with Gasteiger partial charge in [0.15, 0.2) is 0 Å². The molecule has 0 aromatic rings. The first kappa shape index (κ1) is 13.8. The van der Waals surface area contributed by atoms with E-state index >= 15 is 0 Å². The maximum atomic E-state index is 12.3. The molecular weight excluding hydrogens is 384 g/mol. The minimum atomic E-state index is 0.0725. The van der Waals surface area contributed by atoms with Crippen LogP contribution in [0.15, 0.2) is 12.2 Å². The van der Waals surface area contributed by atoms with Crippen molar-refractivity contribution in [3.8, 4) is 0 Å². The predicted molar refractivity (Wildman–Crippen MR) is 84.6 cm³/mol. The summed E-state index contributed by atoms with van der Waals surface area (Å²) in [6, 6.07) is 0. The second kappa shape index (κ2) is 5.12. The lowest BCUT2D eigenvalue weighted by atomic mass is 9.69. The molecule has 7 atom stereocenters. The summed E-state index contributed by atoms with van der Waals surface area (Å²) in [4.78, 5) is 12.3. The highest BCUT2D eigenvalue weighted by molar-refractivity contribution is 9.24. The molecule has 0 aromatic carbocycles. The van der Waals surface area contributed by atoms with E-state index in [-0.39, 0.29) is 15.6 Å². The SMILES string of the molecule is O=C(OCCC(Br)Br)C1CC2CC1C1C3C=CC(C3)C21. The molecule has 4 rings (SSSR count). The van der Waals surface area contributed by atoms with E-state index in [2.05, 4.69) is 44.0 Å². The maximum absolute atomic E-state index is 12.3. The van der Waals surface area contributed by atoms with Gasteiger partial charge in [-0.2, -0.15) is 0 Å². The van der Waals surface area contributed by atoms with Gasteiger partial charge in [-0.1, -0.05) is 44.0 Å². The van der Waals surface area contributed by atoms with E-state index in [0.717, 1.165) is 42.4 Å². The minimum absolute atomic E-state index is 0.0725. The van der Waals surface area contributed by atoms with Crippen LogP contribution >= 0.6 is 31.9 Å². The Morgan fingerprint density at radius 3 is 2.65 bits per heavy atom. The topological polar surface area (TPSA) is 26.3 Å². The highest BCUT2D eigenvalue weighted by atomic mass is 79.9. The molecule has 110 valence electrons. The van der Waals surface area contributed by atoms with Crippen LogP contribution in [0.4, 0.5) is 0 Å². The second-order valence-corrected chi connectivity index (χ2v) is 10.4. The molecule has 4 aliphatic rings. The van der Waals surface area contributed by atoms with Crippen molar-refractivity contribution in [1.82, 2.24) is 0 Å². The van der Waals surface area contributed by atoms with Crippen molar-refractivity contribution in [3.05, 3.63) is 12.2 Å². The Morgan fingerprint density at radius 2 is 1.90 bits per heavy atom. The van der Waals surface area contributed by atoms with Crippen molar-refractivity contribution in [3.63, 3.8) is 0 Å². The minimum Gasteiger partial charge on any atom is -0.465 e. The van der Waals surface area contributed by atoms with Crippen molar-refractivity contribution in [2.24, 2.45) is 41.4 Å². The maximum Gasteiger partial charge on any atom is 0.309 e. The fourth-order valence-corrected chi connectivity index (χ4v) is 6.02. The normalized spacial score (nSPS) is 47.2. The molecule has 0 heterocycles. The van der Waals surface area contributed by atoms with Gasteiger partial charge in [-0.25, -0.2) is 0 Å². The molecule has 4 heteroatoms. The number of alkyl halides is 2.